The van der Waals surface area contributed by atoms with Gasteiger partial charge in [0, 0.05) is 12.3 Å². The van der Waals surface area contributed by atoms with Gasteiger partial charge < -0.3 is 5.32 Å². The molecule has 2 N–H and O–H groups in total. The predicted molar refractivity (Wildman–Crippen MR) is 64.0 cm³/mol. The maximum atomic E-state index is 10.8. The minimum Gasteiger partial charge on any atom is -0.332 e. The van der Waals surface area contributed by atoms with E-state index in [2.05, 4.69) is 42.5 Å². The highest BCUT2D eigenvalue weighted by Gasteiger charge is 2.21. The van der Waals surface area contributed by atoms with Gasteiger partial charge in [-0.1, -0.05) is 0 Å². The fourth-order valence-corrected chi connectivity index (χ4v) is 1.63. The SMILES string of the molecule is Cc1[nH]nc(Nc2[c]cnc(Br)c2)c1[N+](=O)[O-]. The molecule has 0 aromatic carbocycles. The zero-order valence-electron chi connectivity index (χ0n) is 8.69. The van der Waals surface area contributed by atoms with Crippen LogP contribution < -0.4 is 5.32 Å². The van der Waals surface area contributed by atoms with Crippen LogP contribution in [0.4, 0.5) is 17.2 Å². The average molecular weight is 297 g/mol. The summed E-state index contributed by atoms with van der Waals surface area (Å²) in [4.78, 5) is 14.2. The summed E-state index contributed by atoms with van der Waals surface area (Å²) < 4.78 is 0.605. The topological polar surface area (TPSA) is 96.7 Å². The first-order valence-corrected chi connectivity index (χ1v) is 5.37. The maximum Gasteiger partial charge on any atom is 0.333 e. The Morgan fingerprint density at radius 1 is 1.65 bits per heavy atom. The van der Waals surface area contributed by atoms with E-state index in [-0.39, 0.29) is 11.5 Å². The lowest BCUT2D eigenvalue weighted by molar-refractivity contribution is -0.384. The van der Waals surface area contributed by atoms with Gasteiger partial charge in [-0.05, 0) is 28.9 Å². The number of aryl methyl sites for hydroxylation is 1. The lowest BCUT2D eigenvalue weighted by Crippen LogP contribution is -1.96. The second-order valence-electron chi connectivity index (χ2n) is 3.21. The number of nitrogens with zero attached hydrogens (tertiary/aromatic N) is 3. The van der Waals surface area contributed by atoms with Crippen LogP contribution in [0.1, 0.15) is 5.69 Å². The van der Waals surface area contributed by atoms with Crippen LogP contribution in [0, 0.1) is 23.1 Å². The summed E-state index contributed by atoms with van der Waals surface area (Å²) in [5.41, 5.74) is 0.860. The number of hydrogen-bond donors (Lipinski definition) is 2. The molecular formula is C9H7BrN5O2. The smallest absolute Gasteiger partial charge is 0.332 e. The Morgan fingerprint density at radius 2 is 2.41 bits per heavy atom. The third kappa shape index (κ3) is 2.41. The first kappa shape index (κ1) is 11.5. The van der Waals surface area contributed by atoms with Crippen molar-refractivity contribution in [1.29, 1.82) is 0 Å². The number of hydrogen-bond acceptors (Lipinski definition) is 5. The van der Waals surface area contributed by atoms with Crippen LogP contribution >= 0.6 is 15.9 Å². The van der Waals surface area contributed by atoms with Gasteiger partial charge in [-0.15, -0.1) is 5.10 Å². The zero-order chi connectivity index (χ0) is 12.4. The number of nitrogens with one attached hydrogen (secondary N) is 2. The molecular weight excluding hydrogens is 290 g/mol. The molecule has 0 aliphatic heterocycles. The van der Waals surface area contributed by atoms with E-state index in [9.17, 15) is 10.1 Å². The van der Waals surface area contributed by atoms with Crippen LogP contribution in [0.15, 0.2) is 16.9 Å². The van der Waals surface area contributed by atoms with E-state index in [1.165, 1.54) is 6.20 Å². The molecule has 2 aromatic rings. The number of rotatable bonds is 3. The van der Waals surface area contributed by atoms with Crippen molar-refractivity contribution in [3.8, 4) is 0 Å². The van der Waals surface area contributed by atoms with Crippen molar-refractivity contribution in [3.63, 3.8) is 0 Å². The van der Waals surface area contributed by atoms with Crippen molar-refractivity contribution < 1.29 is 4.92 Å². The molecule has 8 heteroatoms. The molecule has 17 heavy (non-hydrogen) atoms. The van der Waals surface area contributed by atoms with E-state index in [1.54, 1.807) is 13.0 Å². The number of nitro groups is 1. The second-order valence-corrected chi connectivity index (χ2v) is 4.02. The Bertz CT molecular complexity index is 568. The Balaban J connectivity index is 2.33. The summed E-state index contributed by atoms with van der Waals surface area (Å²) in [6.07, 6.45) is 1.46. The molecule has 0 atom stereocenters. The zero-order valence-corrected chi connectivity index (χ0v) is 10.3. The summed E-state index contributed by atoms with van der Waals surface area (Å²) in [5, 5.41) is 20.0. The summed E-state index contributed by atoms with van der Waals surface area (Å²) in [5.74, 6) is 0.154. The lowest BCUT2D eigenvalue weighted by atomic mass is 10.3. The van der Waals surface area contributed by atoms with E-state index in [0.29, 0.717) is 16.0 Å². The van der Waals surface area contributed by atoms with Gasteiger partial charge in [-0.2, -0.15) is 0 Å². The van der Waals surface area contributed by atoms with Gasteiger partial charge in [0.15, 0.2) is 0 Å². The van der Waals surface area contributed by atoms with Crippen molar-refractivity contribution in [2.24, 2.45) is 0 Å². The van der Waals surface area contributed by atoms with Crippen LogP contribution in [-0.4, -0.2) is 20.1 Å². The highest BCUT2D eigenvalue weighted by Crippen LogP contribution is 2.28. The highest BCUT2D eigenvalue weighted by molar-refractivity contribution is 9.10. The second kappa shape index (κ2) is 4.50. The Hall–Kier alpha value is -1.96. The van der Waals surface area contributed by atoms with E-state index in [0.717, 1.165) is 0 Å². The number of H-pyrrole nitrogens is 1. The predicted octanol–water partition coefficient (Wildman–Crippen LogP) is 2.33. The van der Waals surface area contributed by atoms with E-state index in [4.69, 9.17) is 0 Å². The lowest BCUT2D eigenvalue weighted by Gasteiger charge is -2.01. The number of pyridine rings is 1. The number of anilines is 2. The minimum absolute atomic E-state index is 0.0775. The molecule has 2 rings (SSSR count). The Kier molecular flexibility index (Phi) is 3.05. The van der Waals surface area contributed by atoms with Crippen molar-refractivity contribution in [3.05, 3.63) is 38.7 Å². The van der Waals surface area contributed by atoms with Crippen LogP contribution in [0.25, 0.3) is 0 Å². The summed E-state index contributed by atoms with van der Waals surface area (Å²) in [6.45, 7) is 1.59. The third-order valence-electron chi connectivity index (χ3n) is 2.02. The molecule has 7 nitrogen and oxygen atoms in total. The van der Waals surface area contributed by atoms with Crippen LogP contribution in [0.2, 0.25) is 0 Å². The van der Waals surface area contributed by atoms with Gasteiger partial charge in [0.25, 0.3) is 0 Å². The molecule has 2 heterocycles. The average Bonchev–Trinajstić information content (AvgIpc) is 2.59. The molecule has 0 aliphatic carbocycles. The first-order chi connectivity index (χ1) is 8.08. The highest BCUT2D eigenvalue weighted by atomic mass is 79.9. The molecule has 0 saturated heterocycles. The Labute approximate surface area is 105 Å². The van der Waals surface area contributed by atoms with E-state index >= 15 is 0 Å². The summed E-state index contributed by atoms with van der Waals surface area (Å²) in [7, 11) is 0. The first-order valence-electron chi connectivity index (χ1n) is 4.57. The quantitative estimate of drug-likeness (QED) is 0.515. The Morgan fingerprint density at radius 3 is 3.06 bits per heavy atom. The normalized spacial score (nSPS) is 10.2. The molecule has 0 fully saturated rings. The fourth-order valence-electron chi connectivity index (χ4n) is 1.30. The van der Waals surface area contributed by atoms with Crippen molar-refractivity contribution in [2.75, 3.05) is 5.32 Å². The van der Waals surface area contributed by atoms with Crippen LogP contribution in [0.5, 0.6) is 0 Å². The standard InChI is InChI=1S/C9H7BrN5O2/c1-5-8(15(16)17)9(14-13-5)12-6-2-3-11-7(10)4-6/h3-4H,1H3,(H2,11,12,13,14). The number of aromatic nitrogens is 3. The van der Waals surface area contributed by atoms with Crippen molar-refractivity contribution in [2.45, 2.75) is 6.92 Å². The van der Waals surface area contributed by atoms with Crippen LogP contribution in [-0.2, 0) is 0 Å². The van der Waals surface area contributed by atoms with Crippen molar-refractivity contribution >= 4 is 33.1 Å². The number of aromatic amines is 1. The van der Waals surface area contributed by atoms with Crippen LogP contribution in [0.3, 0.4) is 0 Å². The molecule has 87 valence electrons. The molecule has 0 saturated carbocycles. The molecule has 0 aliphatic rings. The monoisotopic (exact) mass is 296 g/mol. The van der Waals surface area contributed by atoms with E-state index in [1.807, 2.05) is 0 Å². The third-order valence-corrected chi connectivity index (χ3v) is 2.46. The molecule has 0 spiro atoms. The van der Waals surface area contributed by atoms with Gasteiger partial charge in [0.05, 0.1) is 10.6 Å². The number of halogens is 1. The maximum absolute atomic E-state index is 10.8. The van der Waals surface area contributed by atoms with Gasteiger partial charge >= 0.3 is 5.69 Å². The van der Waals surface area contributed by atoms with Gasteiger partial charge in [0.1, 0.15) is 10.3 Å². The fraction of sp³-hybridized carbons (Fsp3) is 0.111. The molecule has 0 unspecified atom stereocenters. The van der Waals surface area contributed by atoms with Crippen molar-refractivity contribution in [1.82, 2.24) is 15.2 Å². The minimum atomic E-state index is -0.489. The molecule has 1 radical (unpaired) electrons. The van der Waals surface area contributed by atoms with E-state index < -0.39 is 4.92 Å². The van der Waals surface area contributed by atoms with Gasteiger partial charge in [-0.3, -0.25) is 15.2 Å². The van der Waals surface area contributed by atoms with Gasteiger partial charge in [0.2, 0.25) is 5.82 Å². The summed E-state index contributed by atoms with van der Waals surface area (Å²) >= 11 is 3.19. The molecule has 0 amide bonds. The largest absolute Gasteiger partial charge is 0.333 e. The molecule has 2 aromatic heterocycles. The molecule has 0 bridgehead atoms. The summed E-state index contributed by atoms with van der Waals surface area (Å²) in [6, 6.07) is 4.45. The van der Waals surface area contributed by atoms with Gasteiger partial charge in [-0.25, -0.2) is 4.98 Å².